The van der Waals surface area contributed by atoms with E-state index in [1.165, 1.54) is 18.2 Å². The van der Waals surface area contributed by atoms with Crippen molar-refractivity contribution in [3.05, 3.63) is 58.7 Å². The van der Waals surface area contributed by atoms with Gasteiger partial charge >= 0.3 is 0 Å². The van der Waals surface area contributed by atoms with Gasteiger partial charge in [-0.2, -0.15) is 0 Å². The van der Waals surface area contributed by atoms with Gasteiger partial charge in [0, 0.05) is 34.7 Å². The zero-order chi connectivity index (χ0) is 25.9. The number of rotatable bonds is 9. The topological polar surface area (TPSA) is 98.2 Å². The molecule has 0 bridgehead atoms. The molecule has 0 saturated carbocycles. The number of sulfonamides is 1. The van der Waals surface area contributed by atoms with Crippen LogP contribution in [0.1, 0.15) is 11.7 Å². The molecule has 13 heteroatoms. The largest absolute Gasteiger partial charge is 0.379 e. The molecule has 1 aromatic heterocycles. The highest BCUT2D eigenvalue weighted by Crippen LogP contribution is 2.35. The number of anilines is 1. The van der Waals surface area contributed by atoms with E-state index >= 15 is 0 Å². The quantitative estimate of drug-likeness (QED) is 0.345. The summed E-state index contributed by atoms with van der Waals surface area (Å²) in [7, 11) is -6.91. The third-order valence-corrected chi connectivity index (χ3v) is 9.30. The number of hydrogen-bond acceptors (Lipinski definition) is 7. The highest BCUT2D eigenvalue weighted by molar-refractivity contribution is 7.93. The van der Waals surface area contributed by atoms with Crippen LogP contribution < -0.4 is 4.31 Å². The molecule has 2 heterocycles. The van der Waals surface area contributed by atoms with Crippen molar-refractivity contribution in [1.82, 2.24) is 9.47 Å². The van der Waals surface area contributed by atoms with Gasteiger partial charge in [-0.25, -0.2) is 8.42 Å². The molecular formula is C23H26Cl2N3O6PS. The molecule has 0 radical (unpaired) electrons. The van der Waals surface area contributed by atoms with Crippen LogP contribution in [0.3, 0.4) is 0 Å². The number of nitrogens with zero attached hydrogens (tertiary/aromatic N) is 3. The minimum absolute atomic E-state index is 0.0981. The van der Waals surface area contributed by atoms with Gasteiger partial charge in [0.15, 0.2) is 0 Å². The Morgan fingerprint density at radius 3 is 2.47 bits per heavy atom. The number of carbonyl (C=O) groups is 1. The van der Waals surface area contributed by atoms with E-state index in [2.05, 4.69) is 0 Å². The Balaban J connectivity index is 1.69. The fraction of sp³-hybridized carbons (Fsp3) is 0.348. The van der Waals surface area contributed by atoms with E-state index in [4.69, 9.17) is 32.5 Å². The summed E-state index contributed by atoms with van der Waals surface area (Å²) in [6.45, 7) is 4.68. The van der Waals surface area contributed by atoms with Crippen molar-refractivity contribution < 1.29 is 27.0 Å². The molecule has 0 N–H and O–H groups in total. The Kier molecular flexibility index (Phi) is 8.78. The fourth-order valence-electron chi connectivity index (χ4n) is 3.97. The van der Waals surface area contributed by atoms with E-state index in [0.29, 0.717) is 37.2 Å². The molecule has 3 aromatic rings. The molecule has 9 nitrogen and oxygen atoms in total. The minimum atomic E-state index is -4.19. The third kappa shape index (κ3) is 6.14. The number of ether oxygens (including phenoxy) is 1. The monoisotopic (exact) mass is 573 g/mol. The van der Waals surface area contributed by atoms with Crippen LogP contribution in [0.25, 0.3) is 10.9 Å². The van der Waals surface area contributed by atoms with Gasteiger partial charge < -0.3 is 9.26 Å². The van der Waals surface area contributed by atoms with Crippen LogP contribution in [-0.2, 0) is 23.8 Å². The third-order valence-electron chi connectivity index (χ3n) is 5.70. The van der Waals surface area contributed by atoms with E-state index in [1.54, 1.807) is 42.0 Å². The van der Waals surface area contributed by atoms with E-state index in [-0.39, 0.29) is 46.0 Å². The first-order valence-electron chi connectivity index (χ1n) is 11.3. The van der Waals surface area contributed by atoms with Gasteiger partial charge in [-0.05, 0) is 49.4 Å². The normalized spacial score (nSPS) is 15.8. The van der Waals surface area contributed by atoms with Crippen molar-refractivity contribution in [2.24, 2.45) is 0 Å². The van der Waals surface area contributed by atoms with E-state index in [0.717, 1.165) is 4.31 Å². The van der Waals surface area contributed by atoms with Crippen molar-refractivity contribution in [3.63, 3.8) is 0 Å². The lowest BCUT2D eigenvalue weighted by atomic mass is 10.2. The second kappa shape index (κ2) is 11.6. The maximum atomic E-state index is 13.6. The first-order chi connectivity index (χ1) is 17.2. The summed E-state index contributed by atoms with van der Waals surface area (Å²) in [5.41, 5.74) is 0.910. The number of fused-ring (bicyclic) bond motifs is 1. The lowest BCUT2D eigenvalue weighted by Gasteiger charge is -2.26. The average Bonchev–Trinajstić information content (AvgIpc) is 3.26. The Morgan fingerprint density at radius 1 is 1.11 bits per heavy atom. The number of benzene rings is 2. The highest BCUT2D eigenvalue weighted by atomic mass is 35.5. The SMILES string of the molecule is CCO[PH](=O)CN(c1ccc2c(ccn2C(=O)CN2CCOCC2)c1)S(=O)(=O)c1cc(Cl)cc(Cl)c1. The van der Waals surface area contributed by atoms with Gasteiger partial charge in [0.25, 0.3) is 10.0 Å². The zero-order valence-corrected chi connectivity index (χ0v) is 22.9. The lowest BCUT2D eigenvalue weighted by molar-refractivity contribution is 0.0350. The van der Waals surface area contributed by atoms with Crippen LogP contribution in [0.5, 0.6) is 0 Å². The molecule has 0 amide bonds. The van der Waals surface area contributed by atoms with Crippen molar-refractivity contribution in [1.29, 1.82) is 0 Å². The van der Waals surface area contributed by atoms with E-state index in [9.17, 15) is 17.8 Å². The van der Waals surface area contributed by atoms with Crippen molar-refractivity contribution >= 4 is 63.8 Å². The van der Waals surface area contributed by atoms with Gasteiger partial charge in [0.2, 0.25) is 13.9 Å². The van der Waals surface area contributed by atoms with E-state index in [1.807, 2.05) is 4.90 Å². The Bertz CT molecular complexity index is 1370. The minimum Gasteiger partial charge on any atom is -0.379 e. The van der Waals surface area contributed by atoms with Crippen molar-refractivity contribution in [3.8, 4) is 0 Å². The smallest absolute Gasteiger partial charge is 0.264 e. The molecule has 1 fully saturated rings. The van der Waals surface area contributed by atoms with E-state index < -0.39 is 18.1 Å². The van der Waals surface area contributed by atoms with Gasteiger partial charge in [0.1, 0.15) is 6.29 Å². The van der Waals surface area contributed by atoms with Crippen molar-refractivity contribution in [2.75, 3.05) is 50.0 Å². The van der Waals surface area contributed by atoms with Gasteiger partial charge in [-0.3, -0.25) is 23.1 Å². The molecule has 4 rings (SSSR count). The summed E-state index contributed by atoms with van der Waals surface area (Å²) in [6, 6.07) is 10.6. The summed E-state index contributed by atoms with van der Waals surface area (Å²) in [4.78, 5) is 14.8. The van der Waals surface area contributed by atoms with Crippen LogP contribution in [0.15, 0.2) is 53.6 Å². The molecule has 2 aromatic carbocycles. The Labute approximate surface area is 220 Å². The zero-order valence-electron chi connectivity index (χ0n) is 19.5. The second-order valence-electron chi connectivity index (χ2n) is 8.13. The summed E-state index contributed by atoms with van der Waals surface area (Å²) in [5.74, 6) is -0.0981. The molecule has 1 saturated heterocycles. The maximum Gasteiger partial charge on any atom is 0.264 e. The fourth-order valence-corrected chi connectivity index (χ4v) is 7.65. The number of aromatic nitrogens is 1. The van der Waals surface area contributed by atoms with Crippen LogP contribution in [-0.4, -0.2) is 69.5 Å². The van der Waals surface area contributed by atoms with Crippen LogP contribution in [0.4, 0.5) is 5.69 Å². The molecule has 1 unspecified atom stereocenters. The molecule has 194 valence electrons. The Morgan fingerprint density at radius 2 is 1.81 bits per heavy atom. The maximum absolute atomic E-state index is 13.6. The number of halogens is 2. The predicted molar refractivity (Wildman–Crippen MR) is 141 cm³/mol. The summed E-state index contributed by atoms with van der Waals surface area (Å²) >= 11 is 12.1. The highest BCUT2D eigenvalue weighted by Gasteiger charge is 2.28. The van der Waals surface area contributed by atoms with Crippen LogP contribution >= 0.6 is 31.2 Å². The molecule has 0 aliphatic carbocycles. The lowest BCUT2D eigenvalue weighted by Crippen LogP contribution is -2.40. The first kappa shape index (κ1) is 27.1. The summed E-state index contributed by atoms with van der Waals surface area (Å²) in [5, 5.41) is 0.970. The predicted octanol–water partition coefficient (Wildman–Crippen LogP) is 4.58. The van der Waals surface area contributed by atoms with Crippen LogP contribution in [0.2, 0.25) is 10.0 Å². The molecule has 1 aliphatic heterocycles. The number of morpholine rings is 1. The van der Waals surface area contributed by atoms with Gasteiger partial charge in [-0.1, -0.05) is 23.2 Å². The van der Waals surface area contributed by atoms with Crippen molar-refractivity contribution in [2.45, 2.75) is 11.8 Å². The van der Waals surface area contributed by atoms with Gasteiger partial charge in [0.05, 0.1) is 42.5 Å². The molecule has 0 spiro atoms. The molecular weight excluding hydrogens is 548 g/mol. The van der Waals surface area contributed by atoms with Gasteiger partial charge in [-0.15, -0.1) is 0 Å². The summed E-state index contributed by atoms with van der Waals surface area (Å²) < 4.78 is 52.8. The number of carbonyl (C=O) groups excluding carboxylic acids is 1. The van der Waals surface area contributed by atoms with Crippen LogP contribution in [0, 0.1) is 0 Å². The Hall–Kier alpha value is -1.91. The molecule has 1 atom stereocenters. The first-order valence-corrected chi connectivity index (χ1v) is 15.0. The second-order valence-corrected chi connectivity index (χ2v) is 12.2. The average molecular weight is 574 g/mol. The molecule has 36 heavy (non-hydrogen) atoms. The summed E-state index contributed by atoms with van der Waals surface area (Å²) in [6.07, 6.45) is 1.29. The standard InChI is InChI=1S/C23H26Cl2N3O6PS/c1-2-34-35(30)16-28(36(31,32)21-13-18(24)12-19(25)14-21)20-3-4-22-17(11-20)5-6-27(22)23(29)15-26-7-9-33-10-8-26/h3-6,11-14,35H,2,7-10,15-16H2,1H3. The molecule has 1 aliphatic rings. The number of hydrogen-bond donors (Lipinski definition) is 0.